The van der Waals surface area contributed by atoms with Gasteiger partial charge in [0.2, 0.25) is 0 Å². The van der Waals surface area contributed by atoms with Gasteiger partial charge in [0.1, 0.15) is 6.26 Å². The van der Waals surface area contributed by atoms with Crippen molar-refractivity contribution >= 4 is 12.0 Å². The number of hydrogen-bond acceptors (Lipinski definition) is 5. The molecule has 2 heterocycles. The van der Waals surface area contributed by atoms with Gasteiger partial charge in [-0.3, -0.25) is 0 Å². The van der Waals surface area contributed by atoms with Gasteiger partial charge in [-0.2, -0.15) is 4.98 Å². The zero-order valence-corrected chi connectivity index (χ0v) is 9.05. The highest BCUT2D eigenvalue weighted by Crippen LogP contribution is 2.20. The number of aromatic nitrogens is 1. The first kappa shape index (κ1) is 10.9. The van der Waals surface area contributed by atoms with Crippen molar-refractivity contribution < 1.29 is 19.1 Å². The lowest BCUT2D eigenvalue weighted by Crippen LogP contribution is -2.39. The third-order valence-corrected chi connectivity index (χ3v) is 2.69. The van der Waals surface area contributed by atoms with Crippen LogP contribution in [0.3, 0.4) is 0 Å². The van der Waals surface area contributed by atoms with Crippen LogP contribution in [0.4, 0.5) is 6.01 Å². The summed E-state index contributed by atoms with van der Waals surface area (Å²) in [6.07, 6.45) is 3.32. The molecular weight excluding hydrogens is 212 g/mol. The molecule has 0 bridgehead atoms. The fourth-order valence-electron chi connectivity index (χ4n) is 1.81. The van der Waals surface area contributed by atoms with Gasteiger partial charge in [-0.1, -0.05) is 0 Å². The number of carboxylic acid groups (broad SMARTS) is 1. The Labute approximate surface area is 92.8 Å². The summed E-state index contributed by atoms with van der Waals surface area (Å²) in [6, 6.07) is 0.360. The van der Waals surface area contributed by atoms with Crippen molar-refractivity contribution in [1.82, 2.24) is 4.98 Å². The van der Waals surface area contributed by atoms with Gasteiger partial charge in [0.25, 0.3) is 6.01 Å². The highest BCUT2D eigenvalue weighted by atomic mass is 16.5. The maximum Gasteiger partial charge on any atom is 0.357 e. The van der Waals surface area contributed by atoms with Crippen LogP contribution in [-0.2, 0) is 4.74 Å². The summed E-state index contributed by atoms with van der Waals surface area (Å²) in [7, 11) is 1.67. The monoisotopic (exact) mass is 226 g/mol. The first-order chi connectivity index (χ1) is 7.70. The molecular formula is C10H14N2O4. The Kier molecular flexibility index (Phi) is 3.09. The predicted octanol–water partition coefficient (Wildman–Crippen LogP) is 0.988. The molecule has 0 saturated carbocycles. The van der Waals surface area contributed by atoms with Gasteiger partial charge in [0.15, 0.2) is 5.69 Å². The Morgan fingerprint density at radius 1 is 1.75 bits per heavy atom. The number of ether oxygens (including phenoxy) is 1. The van der Waals surface area contributed by atoms with E-state index in [1.54, 1.807) is 7.11 Å². The number of piperidine rings is 1. The molecule has 1 aliphatic rings. The van der Waals surface area contributed by atoms with Crippen LogP contribution in [0.15, 0.2) is 10.7 Å². The first-order valence-corrected chi connectivity index (χ1v) is 5.17. The molecule has 0 amide bonds. The molecule has 2 rings (SSSR count). The standard InChI is InChI=1S/C10H14N2O4/c1-15-7-3-2-4-12(5-7)10-11-8(6-16-10)9(13)14/h6-7H,2-5H2,1H3,(H,13,14)/t7-/m1/s1. The highest BCUT2D eigenvalue weighted by molar-refractivity contribution is 5.85. The smallest absolute Gasteiger partial charge is 0.357 e. The number of oxazole rings is 1. The van der Waals surface area contributed by atoms with Crippen molar-refractivity contribution in [3.63, 3.8) is 0 Å². The summed E-state index contributed by atoms with van der Waals surface area (Å²) in [5, 5.41) is 8.73. The zero-order valence-electron chi connectivity index (χ0n) is 9.05. The second-order valence-electron chi connectivity index (χ2n) is 3.77. The summed E-state index contributed by atoms with van der Waals surface area (Å²) in [5.74, 6) is -1.07. The average molecular weight is 226 g/mol. The van der Waals surface area contributed by atoms with E-state index < -0.39 is 5.97 Å². The van der Waals surface area contributed by atoms with Crippen molar-refractivity contribution in [2.24, 2.45) is 0 Å². The molecule has 1 atom stereocenters. The van der Waals surface area contributed by atoms with Gasteiger partial charge in [-0.05, 0) is 12.8 Å². The molecule has 0 aliphatic carbocycles. The maximum absolute atomic E-state index is 10.7. The van der Waals surface area contributed by atoms with Gasteiger partial charge in [0.05, 0.1) is 6.10 Å². The van der Waals surface area contributed by atoms with Crippen LogP contribution < -0.4 is 4.90 Å². The minimum Gasteiger partial charge on any atom is -0.476 e. The Hall–Kier alpha value is -1.56. The van der Waals surface area contributed by atoms with E-state index in [9.17, 15) is 4.79 Å². The third kappa shape index (κ3) is 2.16. The molecule has 1 N–H and O–H groups in total. The normalized spacial score (nSPS) is 21.1. The lowest BCUT2D eigenvalue weighted by atomic mass is 10.1. The van der Waals surface area contributed by atoms with Gasteiger partial charge < -0.3 is 19.2 Å². The lowest BCUT2D eigenvalue weighted by molar-refractivity contribution is 0.0690. The number of hydrogen-bond donors (Lipinski definition) is 1. The van der Waals surface area contributed by atoms with E-state index in [1.807, 2.05) is 4.90 Å². The van der Waals surface area contributed by atoms with Crippen molar-refractivity contribution in [3.05, 3.63) is 12.0 Å². The summed E-state index contributed by atoms with van der Waals surface area (Å²) in [4.78, 5) is 16.5. The first-order valence-electron chi connectivity index (χ1n) is 5.17. The molecule has 6 nitrogen and oxygen atoms in total. The van der Waals surface area contributed by atoms with Gasteiger partial charge >= 0.3 is 5.97 Å². The van der Waals surface area contributed by atoms with Crippen LogP contribution in [-0.4, -0.2) is 42.4 Å². The van der Waals surface area contributed by atoms with Crippen LogP contribution in [0, 0.1) is 0 Å². The van der Waals surface area contributed by atoms with Crippen molar-refractivity contribution in [1.29, 1.82) is 0 Å². The Balaban J connectivity index is 2.08. The van der Waals surface area contributed by atoms with Crippen molar-refractivity contribution in [2.75, 3.05) is 25.1 Å². The average Bonchev–Trinajstić information content (AvgIpc) is 2.78. The fraction of sp³-hybridized carbons (Fsp3) is 0.600. The molecule has 1 aromatic heterocycles. The van der Waals surface area contributed by atoms with Gasteiger partial charge in [-0.15, -0.1) is 0 Å². The van der Waals surface area contributed by atoms with Crippen LogP contribution in [0.1, 0.15) is 23.3 Å². The van der Waals surface area contributed by atoms with E-state index in [0.717, 1.165) is 25.6 Å². The molecule has 88 valence electrons. The molecule has 1 fully saturated rings. The Morgan fingerprint density at radius 3 is 3.19 bits per heavy atom. The largest absolute Gasteiger partial charge is 0.476 e. The third-order valence-electron chi connectivity index (χ3n) is 2.69. The molecule has 0 unspecified atom stereocenters. The van der Waals surface area contributed by atoms with Crippen LogP contribution in [0.25, 0.3) is 0 Å². The second-order valence-corrected chi connectivity index (χ2v) is 3.77. The minimum absolute atomic E-state index is 0.0606. The molecule has 1 aromatic rings. The second kappa shape index (κ2) is 4.52. The van der Waals surface area contributed by atoms with Crippen molar-refractivity contribution in [3.8, 4) is 0 Å². The van der Waals surface area contributed by atoms with E-state index in [1.165, 1.54) is 0 Å². The minimum atomic E-state index is -1.07. The molecule has 0 aromatic carbocycles. The van der Waals surface area contributed by atoms with Crippen LogP contribution in [0.5, 0.6) is 0 Å². The van der Waals surface area contributed by atoms with Crippen molar-refractivity contribution in [2.45, 2.75) is 18.9 Å². The summed E-state index contributed by atoms with van der Waals surface area (Å²) < 4.78 is 10.4. The quantitative estimate of drug-likeness (QED) is 0.828. The summed E-state index contributed by atoms with van der Waals surface area (Å²) >= 11 is 0. The number of anilines is 1. The molecule has 16 heavy (non-hydrogen) atoms. The summed E-state index contributed by atoms with van der Waals surface area (Å²) in [5.41, 5.74) is -0.0606. The zero-order chi connectivity index (χ0) is 11.5. The predicted molar refractivity (Wildman–Crippen MR) is 55.7 cm³/mol. The number of aromatic carboxylic acids is 1. The molecule has 0 radical (unpaired) electrons. The van der Waals surface area contributed by atoms with Crippen LogP contribution in [0.2, 0.25) is 0 Å². The molecule has 1 saturated heterocycles. The number of carboxylic acids is 1. The van der Waals surface area contributed by atoms with E-state index in [-0.39, 0.29) is 11.8 Å². The lowest BCUT2D eigenvalue weighted by Gasteiger charge is -2.30. The fourth-order valence-corrected chi connectivity index (χ4v) is 1.81. The SMILES string of the molecule is CO[C@@H]1CCCN(c2nc(C(=O)O)co2)C1. The van der Waals surface area contributed by atoms with E-state index >= 15 is 0 Å². The van der Waals surface area contributed by atoms with Gasteiger partial charge in [0, 0.05) is 20.2 Å². The Bertz CT molecular complexity index is 377. The molecule has 6 heteroatoms. The van der Waals surface area contributed by atoms with E-state index in [4.69, 9.17) is 14.3 Å². The molecule has 1 aliphatic heterocycles. The number of carbonyl (C=O) groups is 1. The van der Waals surface area contributed by atoms with E-state index in [2.05, 4.69) is 4.98 Å². The Morgan fingerprint density at radius 2 is 2.56 bits per heavy atom. The molecule has 0 spiro atoms. The topological polar surface area (TPSA) is 75.8 Å². The number of rotatable bonds is 3. The number of nitrogens with zero attached hydrogens (tertiary/aromatic N) is 2. The summed E-state index contributed by atoms with van der Waals surface area (Å²) in [6.45, 7) is 1.51. The van der Waals surface area contributed by atoms with E-state index in [0.29, 0.717) is 12.6 Å². The van der Waals surface area contributed by atoms with Gasteiger partial charge in [-0.25, -0.2) is 4.79 Å². The maximum atomic E-state index is 10.7. The van der Waals surface area contributed by atoms with Crippen LogP contribution >= 0.6 is 0 Å². The number of methoxy groups -OCH3 is 1. The highest BCUT2D eigenvalue weighted by Gasteiger charge is 2.23.